The van der Waals surface area contributed by atoms with E-state index in [4.69, 9.17) is 11.6 Å². The quantitative estimate of drug-likeness (QED) is 0.658. The number of nitrogens with zero attached hydrogens (tertiary/aromatic N) is 2. The maximum atomic E-state index is 13.6. The lowest BCUT2D eigenvalue weighted by atomic mass is 10.2. The fraction of sp³-hybridized carbons (Fsp3) is 0.214. The average Bonchev–Trinajstić information content (AvgIpc) is 2.98. The van der Waals surface area contributed by atoms with Crippen LogP contribution in [0.4, 0.5) is 4.39 Å². The molecule has 3 aromatic rings. The number of fused-ring (bicyclic) bond motifs is 1. The Morgan fingerprint density at radius 2 is 2.26 bits per heavy atom. The molecule has 0 unspecified atom stereocenters. The topological polar surface area (TPSA) is 17.8 Å². The second-order valence-electron chi connectivity index (χ2n) is 4.37. The monoisotopic (exact) mass is 294 g/mol. The van der Waals surface area contributed by atoms with E-state index in [-0.39, 0.29) is 5.82 Å². The third-order valence-corrected chi connectivity index (χ3v) is 3.95. The fourth-order valence-electron chi connectivity index (χ4n) is 2.18. The van der Waals surface area contributed by atoms with Crippen LogP contribution in [-0.2, 0) is 6.42 Å². The standard InChI is InChI=1S/C14H12ClFN2S/c1-9-6-13-12(7-11(9)16)17-14(2-4-15)18(13)10-3-5-19-8-10/h3,5-8H,2,4H2,1H3. The van der Waals surface area contributed by atoms with Crippen molar-refractivity contribution >= 4 is 34.0 Å². The summed E-state index contributed by atoms with van der Waals surface area (Å²) < 4.78 is 15.7. The molecule has 0 saturated carbocycles. The number of benzene rings is 1. The molecule has 19 heavy (non-hydrogen) atoms. The molecule has 0 aliphatic rings. The minimum Gasteiger partial charge on any atom is -0.295 e. The smallest absolute Gasteiger partial charge is 0.128 e. The van der Waals surface area contributed by atoms with Crippen LogP contribution < -0.4 is 0 Å². The third-order valence-electron chi connectivity index (χ3n) is 3.09. The highest BCUT2D eigenvalue weighted by Crippen LogP contribution is 2.25. The van der Waals surface area contributed by atoms with Crippen LogP contribution in [0.5, 0.6) is 0 Å². The highest BCUT2D eigenvalue weighted by atomic mass is 35.5. The van der Waals surface area contributed by atoms with Crippen LogP contribution >= 0.6 is 22.9 Å². The van der Waals surface area contributed by atoms with Gasteiger partial charge in [0.15, 0.2) is 0 Å². The summed E-state index contributed by atoms with van der Waals surface area (Å²) in [5.74, 6) is 1.14. The first kappa shape index (κ1) is 12.6. The summed E-state index contributed by atoms with van der Waals surface area (Å²) in [4.78, 5) is 4.50. The van der Waals surface area contributed by atoms with E-state index in [0.29, 0.717) is 23.4 Å². The van der Waals surface area contributed by atoms with Crippen molar-refractivity contribution in [3.05, 3.63) is 46.2 Å². The zero-order valence-electron chi connectivity index (χ0n) is 10.4. The van der Waals surface area contributed by atoms with Crippen molar-refractivity contribution in [3.8, 4) is 5.69 Å². The molecule has 0 fully saturated rings. The van der Waals surface area contributed by atoms with Crippen molar-refractivity contribution < 1.29 is 4.39 Å². The zero-order valence-corrected chi connectivity index (χ0v) is 11.9. The highest BCUT2D eigenvalue weighted by Gasteiger charge is 2.14. The number of hydrogen-bond acceptors (Lipinski definition) is 2. The first-order valence-electron chi connectivity index (χ1n) is 5.96. The van der Waals surface area contributed by atoms with Gasteiger partial charge in [-0.05, 0) is 30.0 Å². The molecule has 0 atom stereocenters. The highest BCUT2D eigenvalue weighted by molar-refractivity contribution is 7.08. The largest absolute Gasteiger partial charge is 0.295 e. The molecule has 2 nitrogen and oxygen atoms in total. The molecular formula is C14H12ClFN2S. The zero-order chi connectivity index (χ0) is 13.4. The summed E-state index contributed by atoms with van der Waals surface area (Å²) in [5.41, 5.74) is 3.28. The van der Waals surface area contributed by atoms with Gasteiger partial charge in [-0.2, -0.15) is 11.3 Å². The molecule has 0 spiro atoms. The molecule has 0 radical (unpaired) electrons. The Hall–Kier alpha value is -1.39. The van der Waals surface area contributed by atoms with Gasteiger partial charge in [0.2, 0.25) is 0 Å². The van der Waals surface area contributed by atoms with Gasteiger partial charge in [0.25, 0.3) is 0 Å². The molecule has 0 bridgehead atoms. The number of imidazole rings is 1. The SMILES string of the molecule is Cc1cc2c(cc1F)nc(CCCl)n2-c1ccsc1. The summed E-state index contributed by atoms with van der Waals surface area (Å²) in [6.07, 6.45) is 0.659. The summed E-state index contributed by atoms with van der Waals surface area (Å²) in [6.45, 7) is 1.76. The Kier molecular flexibility index (Phi) is 3.29. The minimum atomic E-state index is -0.222. The number of alkyl halides is 1. The molecule has 0 N–H and O–H groups in total. The van der Waals surface area contributed by atoms with E-state index in [1.54, 1.807) is 18.3 Å². The number of halogens is 2. The molecule has 0 amide bonds. The Morgan fingerprint density at radius 1 is 1.42 bits per heavy atom. The van der Waals surface area contributed by atoms with E-state index in [2.05, 4.69) is 14.9 Å². The molecule has 98 valence electrons. The van der Waals surface area contributed by atoms with Gasteiger partial charge in [0.1, 0.15) is 11.6 Å². The van der Waals surface area contributed by atoms with Gasteiger partial charge in [0.05, 0.1) is 16.7 Å². The third kappa shape index (κ3) is 2.15. The van der Waals surface area contributed by atoms with Crippen LogP contribution in [0.25, 0.3) is 16.7 Å². The van der Waals surface area contributed by atoms with E-state index in [9.17, 15) is 4.39 Å². The van der Waals surface area contributed by atoms with Crippen LogP contribution in [0, 0.1) is 12.7 Å². The average molecular weight is 295 g/mol. The van der Waals surface area contributed by atoms with Crippen molar-refractivity contribution in [3.63, 3.8) is 0 Å². The van der Waals surface area contributed by atoms with Crippen molar-refractivity contribution in [2.45, 2.75) is 13.3 Å². The van der Waals surface area contributed by atoms with E-state index >= 15 is 0 Å². The van der Waals surface area contributed by atoms with Gasteiger partial charge in [-0.25, -0.2) is 9.37 Å². The normalized spacial score (nSPS) is 11.3. The number of aromatic nitrogens is 2. The Labute approximate surface area is 119 Å². The van der Waals surface area contributed by atoms with Crippen LogP contribution in [0.15, 0.2) is 29.0 Å². The van der Waals surface area contributed by atoms with Gasteiger partial charge >= 0.3 is 0 Å². The molecule has 0 aliphatic carbocycles. The van der Waals surface area contributed by atoms with Crippen molar-refractivity contribution in [2.75, 3.05) is 5.88 Å². The van der Waals surface area contributed by atoms with Crippen molar-refractivity contribution in [1.29, 1.82) is 0 Å². The van der Waals surface area contributed by atoms with Crippen LogP contribution in [0.3, 0.4) is 0 Å². The van der Waals surface area contributed by atoms with E-state index in [1.807, 2.05) is 17.5 Å². The lowest BCUT2D eigenvalue weighted by molar-refractivity contribution is 0.620. The minimum absolute atomic E-state index is 0.222. The number of thiophene rings is 1. The molecule has 2 aromatic heterocycles. The van der Waals surface area contributed by atoms with E-state index < -0.39 is 0 Å². The number of hydrogen-bond donors (Lipinski definition) is 0. The molecular weight excluding hydrogens is 283 g/mol. The fourth-order valence-corrected chi connectivity index (χ4v) is 2.97. The summed E-state index contributed by atoms with van der Waals surface area (Å²) in [7, 11) is 0. The predicted molar refractivity (Wildman–Crippen MR) is 78.1 cm³/mol. The van der Waals surface area contributed by atoms with Crippen LogP contribution in [-0.4, -0.2) is 15.4 Å². The first-order valence-corrected chi connectivity index (χ1v) is 7.44. The van der Waals surface area contributed by atoms with Crippen LogP contribution in [0.2, 0.25) is 0 Å². The molecule has 5 heteroatoms. The second-order valence-corrected chi connectivity index (χ2v) is 5.53. The second kappa shape index (κ2) is 4.94. The van der Waals surface area contributed by atoms with E-state index in [0.717, 1.165) is 17.0 Å². The lowest BCUT2D eigenvalue weighted by Crippen LogP contribution is -2.01. The first-order chi connectivity index (χ1) is 9.20. The van der Waals surface area contributed by atoms with Gasteiger partial charge < -0.3 is 0 Å². The summed E-state index contributed by atoms with van der Waals surface area (Å²) in [5, 5.41) is 4.07. The van der Waals surface area contributed by atoms with Gasteiger partial charge in [-0.1, -0.05) is 0 Å². The lowest BCUT2D eigenvalue weighted by Gasteiger charge is -2.06. The van der Waals surface area contributed by atoms with Gasteiger partial charge in [-0.15, -0.1) is 11.6 Å². The van der Waals surface area contributed by atoms with Crippen molar-refractivity contribution in [2.24, 2.45) is 0 Å². The van der Waals surface area contributed by atoms with Gasteiger partial charge in [0, 0.05) is 23.7 Å². The molecule has 2 heterocycles. The Balaban J connectivity index is 2.32. The Morgan fingerprint density at radius 3 is 2.95 bits per heavy atom. The van der Waals surface area contributed by atoms with Crippen LogP contribution in [0.1, 0.15) is 11.4 Å². The van der Waals surface area contributed by atoms with Gasteiger partial charge in [-0.3, -0.25) is 4.57 Å². The molecule has 3 rings (SSSR count). The van der Waals surface area contributed by atoms with Crippen molar-refractivity contribution in [1.82, 2.24) is 9.55 Å². The molecule has 0 saturated heterocycles. The molecule has 0 aliphatic heterocycles. The maximum absolute atomic E-state index is 13.6. The molecule has 1 aromatic carbocycles. The number of rotatable bonds is 3. The Bertz CT molecular complexity index is 719. The predicted octanol–water partition coefficient (Wildman–Crippen LogP) is 4.32. The maximum Gasteiger partial charge on any atom is 0.128 e. The van der Waals surface area contributed by atoms with E-state index in [1.165, 1.54) is 6.07 Å². The summed E-state index contributed by atoms with van der Waals surface area (Å²) in [6, 6.07) is 5.36. The summed E-state index contributed by atoms with van der Waals surface area (Å²) >= 11 is 7.46. The number of aryl methyl sites for hydroxylation is 2.